The zero-order chi connectivity index (χ0) is 13.2. The molecule has 3 aromatic rings. The summed E-state index contributed by atoms with van der Waals surface area (Å²) in [6, 6.07) is 16.2. The number of halogens is 1. The summed E-state index contributed by atoms with van der Waals surface area (Å²) in [5, 5.41) is 1.93. The summed E-state index contributed by atoms with van der Waals surface area (Å²) in [5.41, 5.74) is 3.42. The molecule has 2 aromatic carbocycles. The van der Waals surface area contributed by atoms with E-state index >= 15 is 0 Å². The van der Waals surface area contributed by atoms with E-state index in [-0.39, 0.29) is 0 Å². The van der Waals surface area contributed by atoms with Gasteiger partial charge in [0.05, 0.1) is 5.52 Å². The highest BCUT2D eigenvalue weighted by atomic mass is 35.5. The number of para-hydroxylation sites is 1. The average Bonchev–Trinajstić information content (AvgIpc) is 2.47. The Kier molecular flexibility index (Phi) is 3.45. The van der Waals surface area contributed by atoms with E-state index < -0.39 is 0 Å². The Labute approximate surface area is 121 Å². The van der Waals surface area contributed by atoms with Crippen LogP contribution in [0.1, 0.15) is 0 Å². The number of hydrogen-bond donors (Lipinski definition) is 0. The fraction of sp³-hybridized carbons (Fsp3) is 0.0625. The van der Waals surface area contributed by atoms with Crippen molar-refractivity contribution in [2.75, 3.05) is 6.26 Å². The van der Waals surface area contributed by atoms with Gasteiger partial charge in [-0.3, -0.25) is 4.98 Å². The molecular formula is C16H12ClNS. The summed E-state index contributed by atoms with van der Waals surface area (Å²) in [6.07, 6.45) is 4.02. The zero-order valence-electron chi connectivity index (χ0n) is 10.4. The van der Waals surface area contributed by atoms with Gasteiger partial charge < -0.3 is 0 Å². The van der Waals surface area contributed by atoms with Crippen molar-refractivity contribution in [1.29, 1.82) is 0 Å². The Balaban J connectivity index is 2.33. The molecule has 0 fully saturated rings. The van der Waals surface area contributed by atoms with Crippen LogP contribution in [0.5, 0.6) is 0 Å². The first-order valence-electron chi connectivity index (χ1n) is 5.97. The third-order valence-corrected chi connectivity index (χ3v) is 4.09. The summed E-state index contributed by atoms with van der Waals surface area (Å²) < 4.78 is 0. The lowest BCUT2D eigenvalue weighted by atomic mass is 10.0. The van der Waals surface area contributed by atoms with E-state index in [2.05, 4.69) is 29.4 Å². The van der Waals surface area contributed by atoms with Crippen molar-refractivity contribution in [3.05, 3.63) is 59.8 Å². The van der Waals surface area contributed by atoms with E-state index in [0.29, 0.717) is 0 Å². The van der Waals surface area contributed by atoms with Gasteiger partial charge in [-0.05, 0) is 30.0 Å². The molecule has 0 atom stereocenters. The van der Waals surface area contributed by atoms with E-state index in [0.717, 1.165) is 10.5 Å². The first-order valence-corrected chi connectivity index (χ1v) is 7.57. The molecule has 0 amide bonds. The molecule has 1 nitrogen and oxygen atoms in total. The number of aromatic nitrogens is 1. The Hall–Kier alpha value is -1.51. The molecule has 94 valence electrons. The quantitative estimate of drug-likeness (QED) is 0.594. The van der Waals surface area contributed by atoms with Crippen molar-refractivity contribution in [1.82, 2.24) is 4.98 Å². The summed E-state index contributed by atoms with van der Waals surface area (Å²) in [6.45, 7) is 0. The summed E-state index contributed by atoms with van der Waals surface area (Å²) in [7, 11) is 0. The Morgan fingerprint density at radius 2 is 1.74 bits per heavy atom. The lowest BCUT2D eigenvalue weighted by molar-refractivity contribution is 1.31. The molecule has 0 bridgehead atoms. The SMILES string of the molecule is CSc1cnc2ccccc2c1-c1ccc(Cl)cc1. The van der Waals surface area contributed by atoms with Gasteiger partial charge in [-0.1, -0.05) is 41.9 Å². The minimum Gasteiger partial charge on any atom is -0.255 e. The van der Waals surface area contributed by atoms with E-state index in [1.54, 1.807) is 11.8 Å². The maximum Gasteiger partial charge on any atom is 0.0709 e. The molecule has 0 spiro atoms. The fourth-order valence-electron chi connectivity index (χ4n) is 2.19. The van der Waals surface area contributed by atoms with Gasteiger partial charge in [-0.15, -0.1) is 11.8 Å². The molecule has 0 unspecified atom stereocenters. The van der Waals surface area contributed by atoms with Crippen LogP contribution >= 0.6 is 23.4 Å². The van der Waals surface area contributed by atoms with Crippen LogP contribution in [-0.2, 0) is 0 Å². The lowest BCUT2D eigenvalue weighted by Gasteiger charge is -2.11. The molecule has 0 aliphatic rings. The van der Waals surface area contributed by atoms with Crippen molar-refractivity contribution >= 4 is 34.3 Å². The largest absolute Gasteiger partial charge is 0.255 e. The van der Waals surface area contributed by atoms with Crippen molar-refractivity contribution in [2.24, 2.45) is 0 Å². The predicted molar refractivity (Wildman–Crippen MR) is 84.0 cm³/mol. The van der Waals surface area contributed by atoms with Gasteiger partial charge >= 0.3 is 0 Å². The zero-order valence-corrected chi connectivity index (χ0v) is 12.0. The molecule has 0 N–H and O–H groups in total. The molecule has 0 saturated carbocycles. The number of benzene rings is 2. The second-order valence-corrected chi connectivity index (χ2v) is 5.51. The van der Waals surface area contributed by atoms with Crippen LogP contribution in [0.15, 0.2) is 59.6 Å². The second kappa shape index (κ2) is 5.24. The minimum atomic E-state index is 0.757. The van der Waals surface area contributed by atoms with E-state index in [9.17, 15) is 0 Å². The monoisotopic (exact) mass is 285 g/mol. The Morgan fingerprint density at radius 3 is 2.47 bits per heavy atom. The van der Waals surface area contributed by atoms with E-state index in [1.165, 1.54) is 21.4 Å². The van der Waals surface area contributed by atoms with Gasteiger partial charge in [0.1, 0.15) is 0 Å². The molecule has 0 radical (unpaired) electrons. The predicted octanol–water partition coefficient (Wildman–Crippen LogP) is 5.28. The molecule has 1 aromatic heterocycles. The molecule has 3 rings (SSSR count). The summed E-state index contributed by atoms with van der Waals surface area (Å²) >= 11 is 7.69. The average molecular weight is 286 g/mol. The van der Waals surface area contributed by atoms with Crippen LogP contribution in [0.25, 0.3) is 22.0 Å². The molecule has 19 heavy (non-hydrogen) atoms. The molecule has 3 heteroatoms. The topological polar surface area (TPSA) is 12.9 Å². The van der Waals surface area contributed by atoms with Gasteiger partial charge in [-0.2, -0.15) is 0 Å². The van der Waals surface area contributed by atoms with E-state index in [1.807, 2.05) is 36.5 Å². The number of fused-ring (bicyclic) bond motifs is 1. The van der Waals surface area contributed by atoms with Crippen LogP contribution in [0.2, 0.25) is 5.02 Å². The minimum absolute atomic E-state index is 0.757. The highest BCUT2D eigenvalue weighted by Gasteiger charge is 2.10. The number of hydrogen-bond acceptors (Lipinski definition) is 2. The summed E-state index contributed by atoms with van der Waals surface area (Å²) in [5.74, 6) is 0. The van der Waals surface area contributed by atoms with Crippen molar-refractivity contribution in [3.8, 4) is 11.1 Å². The summed E-state index contributed by atoms with van der Waals surface area (Å²) in [4.78, 5) is 5.69. The lowest BCUT2D eigenvalue weighted by Crippen LogP contribution is -1.88. The fourth-order valence-corrected chi connectivity index (χ4v) is 2.91. The highest BCUT2D eigenvalue weighted by molar-refractivity contribution is 7.98. The standard InChI is InChI=1S/C16H12ClNS/c1-19-15-10-18-14-5-3-2-4-13(14)16(15)11-6-8-12(17)9-7-11/h2-10H,1H3. The highest BCUT2D eigenvalue weighted by Crippen LogP contribution is 2.35. The Morgan fingerprint density at radius 1 is 1.00 bits per heavy atom. The normalized spacial score (nSPS) is 10.8. The van der Waals surface area contributed by atoms with Crippen LogP contribution in [0.3, 0.4) is 0 Å². The van der Waals surface area contributed by atoms with Gasteiger partial charge in [0, 0.05) is 27.1 Å². The molecule has 0 saturated heterocycles. The van der Waals surface area contributed by atoms with Gasteiger partial charge in [0.2, 0.25) is 0 Å². The van der Waals surface area contributed by atoms with Crippen LogP contribution in [-0.4, -0.2) is 11.2 Å². The van der Waals surface area contributed by atoms with Crippen molar-refractivity contribution < 1.29 is 0 Å². The van der Waals surface area contributed by atoms with Gasteiger partial charge in [-0.25, -0.2) is 0 Å². The first kappa shape index (κ1) is 12.5. The van der Waals surface area contributed by atoms with Gasteiger partial charge in [0.25, 0.3) is 0 Å². The molecule has 1 heterocycles. The first-order chi connectivity index (χ1) is 9.29. The van der Waals surface area contributed by atoms with Crippen LogP contribution < -0.4 is 0 Å². The molecular weight excluding hydrogens is 274 g/mol. The van der Waals surface area contributed by atoms with E-state index in [4.69, 9.17) is 11.6 Å². The molecule has 0 aliphatic heterocycles. The molecule has 0 aliphatic carbocycles. The Bertz CT molecular complexity index is 722. The third-order valence-electron chi connectivity index (χ3n) is 3.09. The van der Waals surface area contributed by atoms with Crippen molar-refractivity contribution in [2.45, 2.75) is 4.90 Å². The van der Waals surface area contributed by atoms with Crippen LogP contribution in [0.4, 0.5) is 0 Å². The van der Waals surface area contributed by atoms with Gasteiger partial charge in [0.15, 0.2) is 0 Å². The number of thioether (sulfide) groups is 1. The maximum absolute atomic E-state index is 5.97. The number of pyridine rings is 1. The maximum atomic E-state index is 5.97. The third kappa shape index (κ3) is 2.34. The van der Waals surface area contributed by atoms with Crippen molar-refractivity contribution in [3.63, 3.8) is 0 Å². The smallest absolute Gasteiger partial charge is 0.0709 e. The second-order valence-electron chi connectivity index (χ2n) is 4.23. The van der Waals surface area contributed by atoms with Crippen LogP contribution in [0, 0.1) is 0 Å². The number of rotatable bonds is 2. The number of nitrogens with zero attached hydrogens (tertiary/aromatic N) is 1.